The number of hydrogen-bond donors (Lipinski definition) is 5. The highest BCUT2D eigenvalue weighted by atomic mass is 16.6. The highest BCUT2D eigenvalue weighted by Crippen LogP contribution is 2.30. The number of rotatable bonds is 2. The molecule has 0 aromatic carbocycles. The van der Waals surface area contributed by atoms with E-state index in [-0.39, 0.29) is 5.52 Å². The van der Waals surface area contributed by atoms with Crippen LogP contribution < -0.4 is 11.3 Å². The maximum Gasteiger partial charge on any atom is 0.280 e. The topological polar surface area (TPSA) is 160 Å². The number of nitrogens with one attached hydrogen (secondary N) is 1. The summed E-state index contributed by atoms with van der Waals surface area (Å²) in [4.78, 5) is 21.3. The number of nitrogen functional groups attached to an aromatic ring is 1. The summed E-state index contributed by atoms with van der Waals surface area (Å²) in [5.74, 6) is -0.395. The Hall–Kier alpha value is -2.01. The number of ether oxygens (including phenoxy) is 1. The van der Waals surface area contributed by atoms with E-state index in [4.69, 9.17) is 17.3 Å². The first-order valence-corrected chi connectivity index (χ1v) is 5.28. The normalized spacial score (nSPS) is 50.0. The van der Waals surface area contributed by atoms with Gasteiger partial charge in [0.15, 0.2) is 17.4 Å². The van der Waals surface area contributed by atoms with Crippen molar-refractivity contribution in [1.29, 1.82) is 0 Å². The Morgan fingerprint density at radius 1 is 1.60 bits per heavy atom. The number of aromatic amines is 1. The number of aromatic nitrogens is 4. The van der Waals surface area contributed by atoms with Gasteiger partial charge < -0.3 is 25.8 Å². The monoisotopic (exact) mass is 288 g/mol. The molecule has 2 aromatic heterocycles. The Morgan fingerprint density at radius 3 is 3.00 bits per heavy atom. The minimum atomic E-state index is -3.63. The molecule has 1 saturated heterocycles. The number of anilines is 1. The third-order valence-corrected chi connectivity index (χ3v) is 2.63. The first-order chi connectivity index (χ1) is 11.3. The van der Waals surface area contributed by atoms with Crippen molar-refractivity contribution in [2.24, 2.45) is 0 Å². The number of fused-ring (bicyclic) bond motifs is 1. The van der Waals surface area contributed by atoms with Gasteiger partial charge in [0.25, 0.3) is 5.56 Å². The quantitative estimate of drug-likeness (QED) is 0.399. The second kappa shape index (κ2) is 4.52. The van der Waals surface area contributed by atoms with Crippen LogP contribution in [-0.2, 0) is 4.74 Å². The van der Waals surface area contributed by atoms with Crippen LogP contribution >= 0.6 is 0 Å². The minimum Gasteiger partial charge on any atom is -0.394 e. The third-order valence-electron chi connectivity index (χ3n) is 2.63. The number of H-pyrrole nitrogens is 1. The maximum atomic E-state index is 11.8. The molecular formula is C10H13N5O5. The molecule has 0 bridgehead atoms. The highest BCUT2D eigenvalue weighted by molar-refractivity contribution is 5.70. The van der Waals surface area contributed by atoms with Gasteiger partial charge in [-0.05, 0) is 0 Å². The molecule has 0 amide bonds. The van der Waals surface area contributed by atoms with Crippen LogP contribution in [0, 0.1) is 0 Å². The van der Waals surface area contributed by atoms with Gasteiger partial charge in [0.1, 0.15) is 18.2 Å². The van der Waals surface area contributed by atoms with Crippen LogP contribution in [0.5, 0.6) is 0 Å². The third kappa shape index (κ3) is 1.78. The summed E-state index contributed by atoms with van der Waals surface area (Å²) in [5, 5.41) is 29.8. The molecule has 0 aliphatic carbocycles. The van der Waals surface area contributed by atoms with E-state index in [0.29, 0.717) is 4.57 Å². The average Bonchev–Trinajstić information content (AvgIpc) is 2.93. The van der Waals surface area contributed by atoms with Crippen LogP contribution in [0.4, 0.5) is 5.95 Å². The van der Waals surface area contributed by atoms with Crippen molar-refractivity contribution in [1.82, 2.24) is 19.5 Å². The Labute approximate surface area is 118 Å². The largest absolute Gasteiger partial charge is 0.394 e. The van der Waals surface area contributed by atoms with E-state index < -0.39 is 48.2 Å². The first kappa shape index (κ1) is 8.32. The molecule has 108 valence electrons. The van der Waals surface area contributed by atoms with Crippen molar-refractivity contribution >= 4 is 17.1 Å². The number of aliphatic hydroxyl groups is 3. The summed E-state index contributed by atoms with van der Waals surface area (Å²) in [5.41, 5.74) is 3.79. The maximum absolute atomic E-state index is 11.8. The highest BCUT2D eigenvalue weighted by Gasteiger charge is 2.44. The van der Waals surface area contributed by atoms with E-state index in [1.54, 1.807) is 0 Å². The van der Waals surface area contributed by atoms with E-state index in [1.807, 2.05) is 0 Å². The molecule has 20 heavy (non-hydrogen) atoms. The first-order valence-electron chi connectivity index (χ1n) is 7.86. The fourth-order valence-corrected chi connectivity index (χ4v) is 1.74. The molecule has 0 saturated carbocycles. The Kier molecular flexibility index (Phi) is 1.88. The predicted molar refractivity (Wildman–Crippen MR) is 65.6 cm³/mol. The Bertz CT molecular complexity index is 912. The van der Waals surface area contributed by atoms with Gasteiger partial charge in [0.2, 0.25) is 5.95 Å². The molecule has 1 unspecified atom stereocenters. The SMILES string of the molecule is [2H]C(O)[C@@]1([2H])O[C@@]([2H])(n2cnc3c(=O)[nH]c(N)nc32)[C@]([2H])(O)[C@]1([2H])O. The molecule has 1 fully saturated rings. The van der Waals surface area contributed by atoms with Gasteiger partial charge in [-0.1, -0.05) is 0 Å². The average molecular weight is 288 g/mol. The van der Waals surface area contributed by atoms with Crippen LogP contribution in [0.3, 0.4) is 0 Å². The smallest absolute Gasteiger partial charge is 0.280 e. The number of aliphatic hydroxyl groups excluding tert-OH is 1. The van der Waals surface area contributed by atoms with Crippen LogP contribution in [0.25, 0.3) is 11.2 Å². The summed E-state index contributed by atoms with van der Waals surface area (Å²) >= 11 is 0. The van der Waals surface area contributed by atoms with Crippen molar-refractivity contribution in [2.45, 2.75) is 24.4 Å². The zero-order valence-corrected chi connectivity index (χ0v) is 9.73. The van der Waals surface area contributed by atoms with E-state index in [1.165, 1.54) is 0 Å². The van der Waals surface area contributed by atoms with Gasteiger partial charge in [0.05, 0.1) is 19.8 Å². The lowest BCUT2D eigenvalue weighted by molar-refractivity contribution is -0.0511. The molecule has 1 aliphatic heterocycles. The fourth-order valence-electron chi connectivity index (χ4n) is 1.74. The van der Waals surface area contributed by atoms with Gasteiger partial charge in [0, 0.05) is 0 Å². The summed E-state index contributed by atoms with van der Waals surface area (Å²) in [6.07, 6.45) is -13.0. The zero-order valence-electron chi connectivity index (χ0n) is 14.7. The van der Waals surface area contributed by atoms with Crippen molar-refractivity contribution in [3.8, 4) is 0 Å². The predicted octanol–water partition coefficient (Wildman–Crippen LogP) is -2.69. The minimum absolute atomic E-state index is 0.359. The Balaban J connectivity index is 2.32. The van der Waals surface area contributed by atoms with Crippen molar-refractivity contribution in [2.75, 3.05) is 12.3 Å². The molecule has 1 aliphatic rings. The molecule has 5 atom stereocenters. The van der Waals surface area contributed by atoms with Crippen LogP contribution in [0.2, 0.25) is 0 Å². The van der Waals surface area contributed by atoms with Gasteiger partial charge in [-0.15, -0.1) is 0 Å². The summed E-state index contributed by atoms with van der Waals surface area (Å²) in [6, 6.07) is 0. The van der Waals surface area contributed by atoms with E-state index >= 15 is 0 Å². The van der Waals surface area contributed by atoms with Crippen molar-refractivity contribution in [3.63, 3.8) is 0 Å². The molecule has 3 rings (SSSR count). The summed E-state index contributed by atoms with van der Waals surface area (Å²) in [7, 11) is 0. The summed E-state index contributed by atoms with van der Waals surface area (Å²) < 4.78 is 44.1. The van der Waals surface area contributed by atoms with E-state index in [0.717, 1.165) is 6.33 Å². The molecule has 0 radical (unpaired) electrons. The number of hydrogen-bond acceptors (Lipinski definition) is 8. The van der Waals surface area contributed by atoms with Gasteiger partial charge >= 0.3 is 0 Å². The van der Waals surface area contributed by atoms with Gasteiger partial charge in [-0.25, -0.2) is 4.98 Å². The number of nitrogens with zero attached hydrogens (tertiary/aromatic N) is 3. The van der Waals surface area contributed by atoms with Crippen LogP contribution in [0.15, 0.2) is 11.1 Å². The second-order valence-corrected chi connectivity index (χ2v) is 3.84. The second-order valence-electron chi connectivity index (χ2n) is 3.84. The molecule has 6 N–H and O–H groups in total. The van der Waals surface area contributed by atoms with Gasteiger partial charge in [-0.3, -0.25) is 14.3 Å². The standard InChI is InChI=1S/C10H13N5O5/c11-10-13-7-4(8(19)14-10)12-2-15(7)9-6(18)5(17)3(1-16)20-9/h2-3,5-6,9,16-18H,1H2,(H3,11,13,14,19)/t3-,5-,6-,9-/m1/s1/i1D,3D,5D,6D,9D/t1?,3-,5-,6-,9-. The lowest BCUT2D eigenvalue weighted by atomic mass is 10.1. The van der Waals surface area contributed by atoms with Crippen molar-refractivity contribution < 1.29 is 26.9 Å². The fraction of sp³-hybridized carbons (Fsp3) is 0.500. The number of imidazole rings is 1. The Morgan fingerprint density at radius 2 is 2.35 bits per heavy atom. The molecular weight excluding hydrogens is 270 g/mol. The summed E-state index contributed by atoms with van der Waals surface area (Å²) in [6.45, 7) is -2.62. The molecule has 3 heterocycles. The van der Waals surface area contributed by atoms with E-state index in [2.05, 4.69) is 15.0 Å². The molecule has 2 aromatic rings. The van der Waals surface area contributed by atoms with Gasteiger partial charge in [-0.2, -0.15) is 4.98 Å². The van der Waals surface area contributed by atoms with Crippen LogP contribution in [0.1, 0.15) is 13.1 Å². The molecule has 0 spiro atoms. The van der Waals surface area contributed by atoms with Crippen molar-refractivity contribution in [3.05, 3.63) is 16.7 Å². The molecule has 10 nitrogen and oxygen atoms in total. The molecule has 10 heteroatoms. The number of nitrogens with two attached hydrogens (primary N) is 1. The van der Waals surface area contributed by atoms with E-state index in [9.17, 15) is 20.1 Å². The van der Waals surface area contributed by atoms with Crippen LogP contribution in [-0.4, -0.2) is 59.7 Å². The zero-order chi connectivity index (χ0) is 19.0. The lowest BCUT2D eigenvalue weighted by Gasteiger charge is -2.16. The lowest BCUT2D eigenvalue weighted by Crippen LogP contribution is -2.33.